The van der Waals surface area contributed by atoms with Gasteiger partial charge in [-0.05, 0) is 37.5 Å². The summed E-state index contributed by atoms with van der Waals surface area (Å²) >= 11 is 0. The Morgan fingerprint density at radius 1 is 0.267 bits per heavy atom. The summed E-state index contributed by atoms with van der Waals surface area (Å²) in [5.74, 6) is -0.562. The second kappa shape index (κ2) is 73.6. The van der Waals surface area contributed by atoms with E-state index in [9.17, 15) is 43.2 Å². The summed E-state index contributed by atoms with van der Waals surface area (Å²) in [5.41, 5.74) is 0. The van der Waals surface area contributed by atoms with Gasteiger partial charge in [-0.15, -0.1) is 0 Å². The lowest BCUT2D eigenvalue weighted by molar-refractivity contribution is -0.161. The van der Waals surface area contributed by atoms with Gasteiger partial charge in [-0.1, -0.05) is 382 Å². The van der Waals surface area contributed by atoms with Gasteiger partial charge in [0.05, 0.1) is 26.4 Å². The first-order valence-corrected chi connectivity index (χ1v) is 45.5. The highest BCUT2D eigenvalue weighted by molar-refractivity contribution is 7.47. The highest BCUT2D eigenvalue weighted by Crippen LogP contribution is 2.45. The van der Waals surface area contributed by atoms with E-state index in [1.165, 1.54) is 250 Å². The number of hydrogen-bond donors (Lipinski definition) is 3. The zero-order valence-electron chi connectivity index (χ0n) is 66.2. The minimum absolute atomic E-state index is 0.106. The Kier molecular flexibility index (Phi) is 72.2. The molecule has 2 unspecified atom stereocenters. The number of ether oxygens (including phenoxy) is 4. The number of hydrogen-bond acceptors (Lipinski definition) is 15. The predicted molar refractivity (Wildman–Crippen MR) is 414 cm³/mol. The molecule has 0 aromatic heterocycles. The number of aliphatic hydroxyl groups excluding tert-OH is 1. The molecule has 0 rings (SSSR count). The second-order valence-corrected chi connectivity index (χ2v) is 33.4. The monoisotopic (exact) mass is 1480 g/mol. The number of esters is 4. The SMILES string of the molecule is CCCCCCCCCCCCCCCCCCCCCC(=O)OC[C@H](COP(=O)(O)OC[C@@H](O)COP(=O)(O)OC[C@@H](COC(=O)CCCCCCCCCCCCC)OC(=O)CCCCCCCCCCCC(C)C)OC(=O)CCCCCCCCCCCCCCCCCCC(C)C. The summed E-state index contributed by atoms with van der Waals surface area (Å²) in [6, 6.07) is 0. The van der Waals surface area contributed by atoms with Gasteiger partial charge in [0.25, 0.3) is 0 Å². The van der Waals surface area contributed by atoms with E-state index in [0.29, 0.717) is 25.7 Å². The molecule has 19 heteroatoms. The van der Waals surface area contributed by atoms with E-state index in [1.54, 1.807) is 0 Å². The van der Waals surface area contributed by atoms with Gasteiger partial charge in [0.15, 0.2) is 12.2 Å². The Morgan fingerprint density at radius 3 is 0.673 bits per heavy atom. The van der Waals surface area contributed by atoms with Crippen LogP contribution in [0.25, 0.3) is 0 Å². The van der Waals surface area contributed by atoms with Gasteiger partial charge in [0.1, 0.15) is 19.3 Å². The van der Waals surface area contributed by atoms with Gasteiger partial charge in [-0.2, -0.15) is 0 Å². The molecule has 0 saturated carbocycles. The maximum absolute atomic E-state index is 13.1. The number of aliphatic hydroxyl groups is 1. The number of carbonyl (C=O) groups is 4. The highest BCUT2D eigenvalue weighted by atomic mass is 31.2. The van der Waals surface area contributed by atoms with Crippen LogP contribution in [0.2, 0.25) is 0 Å². The molecule has 0 aliphatic heterocycles. The molecule has 0 fully saturated rings. The van der Waals surface area contributed by atoms with Crippen LogP contribution < -0.4 is 0 Å². The van der Waals surface area contributed by atoms with Crippen molar-refractivity contribution in [1.29, 1.82) is 0 Å². The van der Waals surface area contributed by atoms with Crippen molar-refractivity contribution in [2.24, 2.45) is 11.8 Å². The quantitative estimate of drug-likeness (QED) is 0.0222. The lowest BCUT2D eigenvalue weighted by Gasteiger charge is -2.21. The molecule has 17 nitrogen and oxygen atoms in total. The molecule has 0 amide bonds. The highest BCUT2D eigenvalue weighted by Gasteiger charge is 2.30. The van der Waals surface area contributed by atoms with Gasteiger partial charge in [0.2, 0.25) is 0 Å². The zero-order valence-corrected chi connectivity index (χ0v) is 68.0. The van der Waals surface area contributed by atoms with Gasteiger partial charge in [-0.3, -0.25) is 37.3 Å². The van der Waals surface area contributed by atoms with E-state index in [1.807, 2.05) is 0 Å². The standard InChI is InChI=1S/C82H160O17P2/c1-7-9-11-13-15-17-19-20-21-22-23-24-28-31-35-41-47-53-59-65-80(85)93-70-77(98-81(86)66-60-54-48-42-36-32-29-26-25-27-30-34-38-44-50-56-62-74(3)4)72-96-100(88,89)94-68-76(83)69-95-101(90,91)97-73-78(71-92-79(84)64-58-52-46-40-33-18-16-14-12-10-8-2)99-82(87)67-61-55-49-43-37-39-45-51-57-63-75(5)6/h74-78,83H,7-73H2,1-6H3,(H,88,89)(H,90,91)/t76-,77-,78-/m1/s1. The van der Waals surface area contributed by atoms with Crippen LogP contribution in [-0.2, 0) is 65.4 Å². The van der Waals surface area contributed by atoms with Crippen molar-refractivity contribution in [3.63, 3.8) is 0 Å². The first-order chi connectivity index (χ1) is 48.9. The molecule has 0 aromatic carbocycles. The third-order valence-electron chi connectivity index (χ3n) is 19.2. The molecule has 3 N–H and O–H groups in total. The van der Waals surface area contributed by atoms with Crippen LogP contribution in [0, 0.1) is 11.8 Å². The minimum atomic E-state index is -4.96. The lowest BCUT2D eigenvalue weighted by Crippen LogP contribution is -2.30. The summed E-state index contributed by atoms with van der Waals surface area (Å²) < 4.78 is 68.7. The lowest BCUT2D eigenvalue weighted by atomic mass is 10.0. The van der Waals surface area contributed by atoms with E-state index in [0.717, 1.165) is 102 Å². The summed E-state index contributed by atoms with van der Waals surface area (Å²) in [7, 11) is -9.92. The van der Waals surface area contributed by atoms with Gasteiger partial charge in [-0.25, -0.2) is 9.13 Å². The summed E-state index contributed by atoms with van der Waals surface area (Å²) in [4.78, 5) is 73.0. The fraction of sp³-hybridized carbons (Fsp3) is 0.951. The predicted octanol–water partition coefficient (Wildman–Crippen LogP) is 24.7. The molecular weight excluding hydrogens is 1320 g/mol. The van der Waals surface area contributed by atoms with Crippen LogP contribution in [-0.4, -0.2) is 96.7 Å². The third kappa shape index (κ3) is 76.1. The fourth-order valence-electron chi connectivity index (χ4n) is 12.7. The van der Waals surface area contributed by atoms with Crippen molar-refractivity contribution in [1.82, 2.24) is 0 Å². The van der Waals surface area contributed by atoms with Crippen LogP contribution >= 0.6 is 15.6 Å². The van der Waals surface area contributed by atoms with Crippen molar-refractivity contribution in [3.05, 3.63) is 0 Å². The van der Waals surface area contributed by atoms with Crippen molar-refractivity contribution < 1.29 is 80.2 Å². The molecule has 600 valence electrons. The number of phosphoric acid groups is 2. The number of rotatable bonds is 81. The fourth-order valence-corrected chi connectivity index (χ4v) is 14.3. The Hall–Kier alpha value is -1.94. The Morgan fingerprint density at radius 2 is 0.455 bits per heavy atom. The minimum Gasteiger partial charge on any atom is -0.462 e. The topological polar surface area (TPSA) is 237 Å². The Balaban J connectivity index is 5.23. The molecule has 0 spiro atoms. The molecule has 5 atom stereocenters. The second-order valence-electron chi connectivity index (χ2n) is 30.5. The molecule has 0 aliphatic carbocycles. The normalized spacial score (nSPS) is 13.9. The maximum atomic E-state index is 13.1. The molecule has 0 heterocycles. The van der Waals surface area contributed by atoms with E-state index in [4.69, 9.17) is 37.0 Å². The first-order valence-electron chi connectivity index (χ1n) is 42.5. The summed E-state index contributed by atoms with van der Waals surface area (Å²) in [6.45, 7) is 9.64. The average molecular weight is 1480 g/mol. The third-order valence-corrected chi connectivity index (χ3v) is 21.1. The number of unbranched alkanes of at least 4 members (excludes halogenated alkanes) is 51. The van der Waals surface area contributed by atoms with Crippen LogP contribution in [0.4, 0.5) is 0 Å². The van der Waals surface area contributed by atoms with Crippen molar-refractivity contribution in [2.45, 2.75) is 452 Å². The number of phosphoric ester groups is 2. The van der Waals surface area contributed by atoms with E-state index >= 15 is 0 Å². The molecule has 0 aliphatic rings. The molecule has 0 aromatic rings. The first kappa shape index (κ1) is 99.1. The van der Waals surface area contributed by atoms with Crippen LogP contribution in [0.5, 0.6) is 0 Å². The summed E-state index contributed by atoms with van der Waals surface area (Å²) in [6.07, 6.45) is 63.9. The van der Waals surface area contributed by atoms with Crippen molar-refractivity contribution >= 4 is 39.5 Å². The smallest absolute Gasteiger partial charge is 0.462 e. The Bertz CT molecular complexity index is 1940. The van der Waals surface area contributed by atoms with Crippen molar-refractivity contribution in [3.8, 4) is 0 Å². The van der Waals surface area contributed by atoms with Crippen LogP contribution in [0.1, 0.15) is 433 Å². The number of carbonyl (C=O) groups excluding carboxylic acids is 4. The van der Waals surface area contributed by atoms with Crippen molar-refractivity contribution in [2.75, 3.05) is 39.6 Å². The van der Waals surface area contributed by atoms with E-state index in [2.05, 4.69) is 41.5 Å². The van der Waals surface area contributed by atoms with Crippen LogP contribution in [0.15, 0.2) is 0 Å². The van der Waals surface area contributed by atoms with Crippen LogP contribution in [0.3, 0.4) is 0 Å². The zero-order chi connectivity index (χ0) is 74.2. The Labute approximate surface area is 619 Å². The largest absolute Gasteiger partial charge is 0.472 e. The van der Waals surface area contributed by atoms with Gasteiger partial charge >= 0.3 is 39.5 Å². The molecular formula is C82H160O17P2. The molecule has 101 heavy (non-hydrogen) atoms. The van der Waals surface area contributed by atoms with Gasteiger partial charge in [0, 0.05) is 25.7 Å². The molecule has 0 radical (unpaired) electrons. The molecule has 0 bridgehead atoms. The van der Waals surface area contributed by atoms with E-state index in [-0.39, 0.29) is 25.7 Å². The van der Waals surface area contributed by atoms with Gasteiger partial charge < -0.3 is 33.8 Å². The summed E-state index contributed by atoms with van der Waals surface area (Å²) in [5, 5.41) is 10.6. The average Bonchev–Trinajstić information content (AvgIpc) is 0.954. The molecule has 0 saturated heterocycles. The maximum Gasteiger partial charge on any atom is 0.472 e. The van der Waals surface area contributed by atoms with E-state index < -0.39 is 97.5 Å².